The van der Waals surface area contributed by atoms with Crippen molar-refractivity contribution in [2.45, 2.75) is 35.4 Å². The predicted molar refractivity (Wildman–Crippen MR) is 76.5 cm³/mol. The zero-order valence-corrected chi connectivity index (χ0v) is 12.8. The number of hydrogen-bond donors (Lipinski definition) is 3. The summed E-state index contributed by atoms with van der Waals surface area (Å²) in [6.07, 6.45) is 1.91. The topological polar surface area (TPSA) is 113 Å². The van der Waals surface area contributed by atoms with Crippen LogP contribution >= 0.6 is 11.3 Å². The number of aliphatic carboxylic acids is 1. The molecule has 0 saturated heterocycles. The molecule has 1 aliphatic rings. The first-order valence-corrected chi connectivity index (χ1v) is 8.75. The highest BCUT2D eigenvalue weighted by atomic mass is 32.2. The maximum absolute atomic E-state index is 11.8. The van der Waals surface area contributed by atoms with Crippen LogP contribution in [0.25, 0.3) is 0 Å². The zero-order valence-electron chi connectivity index (χ0n) is 11.2. The lowest BCUT2D eigenvalue weighted by molar-refractivity contribution is -0.140. The number of amides is 1. The molecule has 1 fully saturated rings. The highest BCUT2D eigenvalue weighted by molar-refractivity contribution is 7.91. The van der Waals surface area contributed by atoms with E-state index in [-0.39, 0.29) is 10.6 Å². The van der Waals surface area contributed by atoms with Gasteiger partial charge in [0, 0.05) is 0 Å². The molecule has 3 N–H and O–H groups in total. The van der Waals surface area contributed by atoms with Crippen LogP contribution < -0.4 is 10.0 Å². The Morgan fingerprint density at radius 2 is 2.10 bits per heavy atom. The van der Waals surface area contributed by atoms with E-state index in [1.54, 1.807) is 11.4 Å². The molecular weight excluding hydrogens is 316 g/mol. The van der Waals surface area contributed by atoms with Gasteiger partial charge in [0.05, 0.1) is 18.5 Å². The number of nitrogens with one attached hydrogen (secondary N) is 2. The molecule has 1 aromatic rings. The second-order valence-corrected chi connectivity index (χ2v) is 7.95. The lowest BCUT2D eigenvalue weighted by Crippen LogP contribution is -2.56. The summed E-state index contributed by atoms with van der Waals surface area (Å²) in [6, 6.07) is 3.05. The first-order valence-electron chi connectivity index (χ1n) is 6.39. The standard InChI is InChI=1S/C12H16N2O5S2/c15-9(14-12(4-2-5-12)7-10(16)17)8-13-21(18,19)11-3-1-6-20-11/h1,3,6,13H,2,4-5,7-8H2,(H,14,15)(H,16,17). The molecule has 1 amide bonds. The minimum atomic E-state index is -3.69. The first kappa shape index (κ1) is 15.9. The van der Waals surface area contributed by atoms with E-state index in [2.05, 4.69) is 10.0 Å². The van der Waals surface area contributed by atoms with Crippen LogP contribution in [-0.2, 0) is 19.6 Å². The van der Waals surface area contributed by atoms with Crippen molar-refractivity contribution in [3.63, 3.8) is 0 Å². The van der Waals surface area contributed by atoms with Crippen LogP contribution in [0.5, 0.6) is 0 Å². The molecule has 1 aromatic heterocycles. The van der Waals surface area contributed by atoms with Gasteiger partial charge in [-0.05, 0) is 30.7 Å². The third-order valence-corrected chi connectivity index (χ3v) is 6.19. The van der Waals surface area contributed by atoms with Crippen LogP contribution in [-0.4, -0.2) is 37.5 Å². The van der Waals surface area contributed by atoms with E-state index in [1.165, 1.54) is 6.07 Å². The predicted octanol–water partition coefficient (Wildman–Crippen LogP) is 0.540. The number of thiophene rings is 1. The van der Waals surface area contributed by atoms with Crippen molar-refractivity contribution < 1.29 is 23.1 Å². The van der Waals surface area contributed by atoms with E-state index in [0.29, 0.717) is 12.8 Å². The average Bonchev–Trinajstić information content (AvgIpc) is 2.88. The van der Waals surface area contributed by atoms with E-state index in [1.807, 2.05) is 0 Å². The number of carboxylic acids is 1. The van der Waals surface area contributed by atoms with Crippen LogP contribution in [0.4, 0.5) is 0 Å². The summed E-state index contributed by atoms with van der Waals surface area (Å²) in [7, 11) is -3.69. The van der Waals surface area contributed by atoms with Crippen molar-refractivity contribution in [1.29, 1.82) is 0 Å². The Labute approximate surface area is 126 Å². The van der Waals surface area contributed by atoms with Crippen LogP contribution in [0.15, 0.2) is 21.7 Å². The average molecular weight is 332 g/mol. The molecule has 9 heteroatoms. The minimum absolute atomic E-state index is 0.138. The Balaban J connectivity index is 1.89. The summed E-state index contributed by atoms with van der Waals surface area (Å²) in [5.74, 6) is -1.50. The van der Waals surface area contributed by atoms with Gasteiger partial charge in [-0.1, -0.05) is 6.07 Å². The molecule has 0 aliphatic heterocycles. The molecule has 116 valence electrons. The molecule has 21 heavy (non-hydrogen) atoms. The Kier molecular flexibility index (Phi) is 4.64. The lowest BCUT2D eigenvalue weighted by atomic mass is 9.74. The third-order valence-electron chi connectivity index (χ3n) is 3.39. The summed E-state index contributed by atoms with van der Waals surface area (Å²) in [6.45, 7) is -0.401. The van der Waals surface area contributed by atoms with E-state index in [9.17, 15) is 18.0 Å². The van der Waals surface area contributed by atoms with E-state index >= 15 is 0 Å². The number of carboxylic acid groups (broad SMARTS) is 1. The minimum Gasteiger partial charge on any atom is -0.481 e. The number of carbonyl (C=O) groups is 2. The van der Waals surface area contributed by atoms with Crippen molar-refractivity contribution >= 4 is 33.2 Å². The molecule has 0 radical (unpaired) electrons. The van der Waals surface area contributed by atoms with Crippen molar-refractivity contribution in [3.05, 3.63) is 17.5 Å². The highest BCUT2D eigenvalue weighted by Crippen LogP contribution is 2.34. The Bertz CT molecular complexity index is 620. The summed E-state index contributed by atoms with van der Waals surface area (Å²) < 4.78 is 26.0. The van der Waals surface area contributed by atoms with Gasteiger partial charge < -0.3 is 10.4 Å². The van der Waals surface area contributed by atoms with Crippen LogP contribution in [0.2, 0.25) is 0 Å². The van der Waals surface area contributed by atoms with Gasteiger partial charge in [-0.15, -0.1) is 11.3 Å². The van der Waals surface area contributed by atoms with Crippen molar-refractivity contribution in [2.24, 2.45) is 0 Å². The normalized spacial score (nSPS) is 17.0. The Hall–Kier alpha value is -1.45. The molecular formula is C12H16N2O5S2. The van der Waals surface area contributed by atoms with E-state index in [0.717, 1.165) is 17.8 Å². The van der Waals surface area contributed by atoms with E-state index in [4.69, 9.17) is 5.11 Å². The highest BCUT2D eigenvalue weighted by Gasteiger charge is 2.40. The molecule has 0 bridgehead atoms. The number of rotatable bonds is 7. The second kappa shape index (κ2) is 6.12. The fraction of sp³-hybridized carbons (Fsp3) is 0.500. The molecule has 0 spiro atoms. The van der Waals surface area contributed by atoms with Crippen LogP contribution in [0, 0.1) is 0 Å². The van der Waals surface area contributed by atoms with Gasteiger partial charge in [-0.2, -0.15) is 0 Å². The summed E-state index contributed by atoms with van der Waals surface area (Å²) in [4.78, 5) is 22.6. The molecule has 0 unspecified atom stereocenters. The number of hydrogen-bond acceptors (Lipinski definition) is 5. The smallest absolute Gasteiger partial charge is 0.305 e. The van der Waals surface area contributed by atoms with Gasteiger partial charge in [-0.3, -0.25) is 9.59 Å². The van der Waals surface area contributed by atoms with Gasteiger partial charge >= 0.3 is 5.97 Å². The molecule has 1 saturated carbocycles. The fourth-order valence-electron chi connectivity index (χ4n) is 2.23. The summed E-state index contributed by atoms with van der Waals surface area (Å²) in [5.41, 5.74) is -0.725. The monoisotopic (exact) mass is 332 g/mol. The fourth-order valence-corrected chi connectivity index (χ4v) is 4.25. The second-order valence-electron chi connectivity index (χ2n) is 5.01. The van der Waals surface area contributed by atoms with Crippen molar-refractivity contribution in [1.82, 2.24) is 10.0 Å². The van der Waals surface area contributed by atoms with Gasteiger partial charge in [-0.25, -0.2) is 13.1 Å². The number of sulfonamides is 1. The van der Waals surface area contributed by atoms with Gasteiger partial charge in [0.15, 0.2) is 0 Å². The van der Waals surface area contributed by atoms with Gasteiger partial charge in [0.2, 0.25) is 5.91 Å². The lowest BCUT2D eigenvalue weighted by Gasteiger charge is -2.41. The summed E-state index contributed by atoms with van der Waals surface area (Å²) in [5, 5.41) is 13.1. The Morgan fingerprint density at radius 3 is 2.57 bits per heavy atom. The van der Waals surface area contributed by atoms with Crippen LogP contribution in [0.1, 0.15) is 25.7 Å². The van der Waals surface area contributed by atoms with Gasteiger partial charge in [0.1, 0.15) is 4.21 Å². The third kappa shape index (κ3) is 4.02. The molecule has 2 rings (SSSR count). The summed E-state index contributed by atoms with van der Waals surface area (Å²) >= 11 is 1.06. The Morgan fingerprint density at radius 1 is 1.38 bits per heavy atom. The first-order chi connectivity index (χ1) is 9.83. The molecule has 0 atom stereocenters. The zero-order chi connectivity index (χ0) is 15.5. The van der Waals surface area contributed by atoms with Gasteiger partial charge in [0.25, 0.3) is 10.0 Å². The molecule has 1 heterocycles. The largest absolute Gasteiger partial charge is 0.481 e. The quantitative estimate of drug-likeness (QED) is 0.674. The van der Waals surface area contributed by atoms with E-state index < -0.39 is 34.0 Å². The van der Waals surface area contributed by atoms with Crippen LogP contribution in [0.3, 0.4) is 0 Å². The van der Waals surface area contributed by atoms with Crippen molar-refractivity contribution in [2.75, 3.05) is 6.54 Å². The molecule has 7 nitrogen and oxygen atoms in total. The van der Waals surface area contributed by atoms with Crippen molar-refractivity contribution in [3.8, 4) is 0 Å². The number of carbonyl (C=O) groups excluding carboxylic acids is 1. The molecule has 0 aromatic carbocycles. The SMILES string of the molecule is O=C(O)CC1(NC(=O)CNS(=O)(=O)c2cccs2)CCC1. The molecule has 1 aliphatic carbocycles. The maximum Gasteiger partial charge on any atom is 0.305 e. The maximum atomic E-state index is 11.8.